The average Bonchev–Trinajstić information content (AvgIpc) is 2.85. The normalized spacial score (nSPS) is 20.5. The highest BCUT2D eigenvalue weighted by atomic mass is 16.2. The lowest BCUT2D eigenvalue weighted by Crippen LogP contribution is -2.32. The van der Waals surface area contributed by atoms with Gasteiger partial charge in [-0.3, -0.25) is 14.3 Å². The molecule has 0 saturated heterocycles. The third kappa shape index (κ3) is 3.87. The van der Waals surface area contributed by atoms with Gasteiger partial charge in [0.1, 0.15) is 5.69 Å². The maximum Gasteiger partial charge on any atom is 0.295 e. The number of rotatable bonds is 3. The van der Waals surface area contributed by atoms with Crippen molar-refractivity contribution in [3.63, 3.8) is 0 Å². The molecule has 0 radical (unpaired) electrons. The highest BCUT2D eigenvalue weighted by molar-refractivity contribution is 5.93. The summed E-state index contributed by atoms with van der Waals surface area (Å²) in [6.07, 6.45) is 3.94. The Labute approximate surface area is 161 Å². The van der Waals surface area contributed by atoms with E-state index < -0.39 is 0 Å². The molecule has 1 aromatic heterocycles. The van der Waals surface area contributed by atoms with Crippen LogP contribution in [0.2, 0.25) is 0 Å². The van der Waals surface area contributed by atoms with Crippen LogP contribution in [0.4, 0.5) is 5.69 Å². The minimum Gasteiger partial charge on any atom is -0.320 e. The molecule has 0 bridgehead atoms. The highest BCUT2D eigenvalue weighted by Gasteiger charge is 2.33. The molecule has 27 heavy (non-hydrogen) atoms. The summed E-state index contributed by atoms with van der Waals surface area (Å²) in [5.41, 5.74) is 2.06. The van der Waals surface area contributed by atoms with Gasteiger partial charge < -0.3 is 5.32 Å². The van der Waals surface area contributed by atoms with Crippen molar-refractivity contribution in [2.75, 3.05) is 5.32 Å². The predicted octanol–water partition coefficient (Wildman–Crippen LogP) is 4.28. The summed E-state index contributed by atoms with van der Waals surface area (Å²) in [6, 6.07) is 9.49. The number of amides is 1. The molecule has 5 heteroatoms. The summed E-state index contributed by atoms with van der Waals surface area (Å²) in [7, 11) is 1.84. The standard InChI is InChI=1S/C22H31N3O2/c1-15-19(21(27)25(24(15)5)18-9-7-6-8-10-18)23-20(26)16-11-13-17(14-12-16)22(2,3)4/h6-10,16-17H,11-14H2,1-5H3,(H,23,26). The zero-order valence-corrected chi connectivity index (χ0v) is 17.1. The second-order valence-electron chi connectivity index (χ2n) is 8.84. The van der Waals surface area contributed by atoms with Gasteiger partial charge in [0.15, 0.2) is 0 Å². The van der Waals surface area contributed by atoms with E-state index in [1.54, 1.807) is 9.36 Å². The fourth-order valence-electron chi connectivity index (χ4n) is 4.16. The molecule has 0 atom stereocenters. The zero-order valence-electron chi connectivity index (χ0n) is 17.1. The molecular weight excluding hydrogens is 338 g/mol. The second-order valence-corrected chi connectivity index (χ2v) is 8.84. The Morgan fingerprint density at radius 2 is 1.67 bits per heavy atom. The molecule has 1 aromatic carbocycles. The van der Waals surface area contributed by atoms with Gasteiger partial charge in [-0.25, -0.2) is 4.68 Å². The van der Waals surface area contributed by atoms with Crippen molar-refractivity contribution < 1.29 is 4.79 Å². The smallest absolute Gasteiger partial charge is 0.295 e. The lowest BCUT2D eigenvalue weighted by molar-refractivity contribution is -0.121. The first-order valence-corrected chi connectivity index (χ1v) is 9.85. The van der Waals surface area contributed by atoms with Crippen LogP contribution in [-0.4, -0.2) is 15.3 Å². The largest absolute Gasteiger partial charge is 0.320 e. The zero-order chi connectivity index (χ0) is 19.8. The number of carbonyl (C=O) groups excluding carboxylic acids is 1. The molecule has 0 spiro atoms. The predicted molar refractivity (Wildman–Crippen MR) is 109 cm³/mol. The Morgan fingerprint density at radius 1 is 1.07 bits per heavy atom. The molecule has 2 aromatic rings. The SMILES string of the molecule is Cc1c(NC(=O)C2CCC(C(C)(C)C)CC2)c(=O)n(-c2ccccc2)n1C. The van der Waals surface area contributed by atoms with Gasteiger partial charge in [0.25, 0.3) is 5.56 Å². The molecule has 3 rings (SSSR count). The summed E-state index contributed by atoms with van der Waals surface area (Å²) < 4.78 is 3.39. The summed E-state index contributed by atoms with van der Waals surface area (Å²) in [5.74, 6) is 0.636. The van der Waals surface area contributed by atoms with Crippen molar-refractivity contribution in [3.8, 4) is 5.69 Å². The first-order valence-electron chi connectivity index (χ1n) is 9.85. The van der Waals surface area contributed by atoms with Gasteiger partial charge in [0.2, 0.25) is 5.91 Å². The molecule has 1 heterocycles. The van der Waals surface area contributed by atoms with E-state index in [-0.39, 0.29) is 17.4 Å². The third-order valence-corrected chi connectivity index (χ3v) is 6.13. The Bertz CT molecular complexity index is 863. The fourth-order valence-corrected chi connectivity index (χ4v) is 4.16. The monoisotopic (exact) mass is 369 g/mol. The number of carbonyl (C=O) groups is 1. The van der Waals surface area contributed by atoms with Gasteiger partial charge in [-0.15, -0.1) is 0 Å². The van der Waals surface area contributed by atoms with Crippen LogP contribution >= 0.6 is 0 Å². The topological polar surface area (TPSA) is 56.0 Å². The van der Waals surface area contributed by atoms with Gasteiger partial charge in [-0.05, 0) is 56.1 Å². The molecule has 1 fully saturated rings. The van der Waals surface area contributed by atoms with E-state index in [9.17, 15) is 9.59 Å². The minimum absolute atomic E-state index is 0.00668. The van der Waals surface area contributed by atoms with Crippen molar-refractivity contribution in [2.45, 2.75) is 53.4 Å². The molecule has 1 aliphatic carbocycles. The molecule has 1 saturated carbocycles. The minimum atomic E-state index is -0.182. The van der Waals surface area contributed by atoms with E-state index in [1.165, 1.54) is 0 Å². The van der Waals surface area contributed by atoms with E-state index in [0.717, 1.165) is 37.1 Å². The first-order chi connectivity index (χ1) is 12.7. The maximum atomic E-state index is 12.9. The molecular formula is C22H31N3O2. The quantitative estimate of drug-likeness (QED) is 0.878. The first kappa shape index (κ1) is 19.5. The van der Waals surface area contributed by atoms with Gasteiger partial charge in [0, 0.05) is 13.0 Å². The van der Waals surface area contributed by atoms with Crippen LogP contribution in [-0.2, 0) is 11.8 Å². The van der Waals surface area contributed by atoms with Crippen molar-refractivity contribution in [2.24, 2.45) is 24.3 Å². The number of para-hydroxylation sites is 1. The van der Waals surface area contributed by atoms with Crippen LogP contribution < -0.4 is 10.9 Å². The Hall–Kier alpha value is -2.30. The number of nitrogens with zero attached hydrogens (tertiary/aromatic N) is 2. The van der Waals surface area contributed by atoms with E-state index >= 15 is 0 Å². The fraction of sp³-hybridized carbons (Fsp3) is 0.545. The maximum absolute atomic E-state index is 12.9. The van der Waals surface area contributed by atoms with Crippen LogP contribution in [0.25, 0.3) is 5.69 Å². The summed E-state index contributed by atoms with van der Waals surface area (Å²) in [5, 5.41) is 2.94. The average molecular weight is 370 g/mol. The Kier molecular flexibility index (Phi) is 5.31. The van der Waals surface area contributed by atoms with Crippen molar-refractivity contribution in [1.29, 1.82) is 0 Å². The van der Waals surface area contributed by atoms with Crippen LogP contribution in [0.15, 0.2) is 35.1 Å². The lowest BCUT2D eigenvalue weighted by atomic mass is 9.69. The van der Waals surface area contributed by atoms with Crippen LogP contribution in [0.5, 0.6) is 0 Å². The summed E-state index contributed by atoms with van der Waals surface area (Å²) in [6.45, 7) is 8.69. The molecule has 0 aliphatic heterocycles. The molecule has 5 nitrogen and oxygen atoms in total. The van der Waals surface area contributed by atoms with E-state index in [0.29, 0.717) is 17.0 Å². The molecule has 146 valence electrons. The summed E-state index contributed by atoms with van der Waals surface area (Å²) in [4.78, 5) is 25.8. The van der Waals surface area contributed by atoms with Crippen molar-refractivity contribution >= 4 is 11.6 Å². The van der Waals surface area contributed by atoms with Gasteiger partial charge in [0.05, 0.1) is 11.4 Å². The van der Waals surface area contributed by atoms with Gasteiger partial charge >= 0.3 is 0 Å². The Morgan fingerprint density at radius 3 is 2.22 bits per heavy atom. The number of benzene rings is 1. The van der Waals surface area contributed by atoms with E-state index in [1.807, 2.05) is 44.3 Å². The molecule has 1 amide bonds. The van der Waals surface area contributed by atoms with Gasteiger partial charge in [-0.1, -0.05) is 39.0 Å². The Balaban J connectivity index is 1.77. The number of aromatic nitrogens is 2. The van der Waals surface area contributed by atoms with Crippen LogP contribution in [0.1, 0.15) is 52.1 Å². The van der Waals surface area contributed by atoms with Gasteiger partial charge in [-0.2, -0.15) is 0 Å². The van der Waals surface area contributed by atoms with Crippen molar-refractivity contribution in [3.05, 3.63) is 46.4 Å². The third-order valence-electron chi connectivity index (χ3n) is 6.13. The van der Waals surface area contributed by atoms with Crippen LogP contribution in [0.3, 0.4) is 0 Å². The number of hydrogen-bond acceptors (Lipinski definition) is 2. The number of anilines is 1. The lowest BCUT2D eigenvalue weighted by Gasteiger charge is -2.36. The summed E-state index contributed by atoms with van der Waals surface area (Å²) >= 11 is 0. The second kappa shape index (κ2) is 7.37. The van der Waals surface area contributed by atoms with E-state index in [2.05, 4.69) is 26.1 Å². The van der Waals surface area contributed by atoms with Crippen molar-refractivity contribution in [1.82, 2.24) is 9.36 Å². The highest BCUT2D eigenvalue weighted by Crippen LogP contribution is 2.40. The molecule has 1 aliphatic rings. The molecule has 0 unspecified atom stereocenters. The number of hydrogen-bond donors (Lipinski definition) is 1. The number of nitrogens with one attached hydrogen (secondary N) is 1. The van der Waals surface area contributed by atoms with E-state index in [4.69, 9.17) is 0 Å². The molecule has 1 N–H and O–H groups in total. The van der Waals surface area contributed by atoms with Crippen LogP contribution in [0, 0.1) is 24.2 Å².